The summed E-state index contributed by atoms with van der Waals surface area (Å²) in [6, 6.07) is 13.6. The molecule has 0 radical (unpaired) electrons. The number of benzene rings is 1. The topological polar surface area (TPSA) is 77.7 Å². The number of rotatable bonds is 7. The highest BCUT2D eigenvalue weighted by atomic mass is 19.1. The first kappa shape index (κ1) is 22.1. The average Bonchev–Trinajstić information content (AvgIpc) is 3.32. The van der Waals surface area contributed by atoms with Crippen molar-refractivity contribution < 1.29 is 14.0 Å². The monoisotopic (exact) mass is 456 g/mol. The summed E-state index contributed by atoms with van der Waals surface area (Å²) >= 11 is 0. The fourth-order valence-electron chi connectivity index (χ4n) is 4.73. The molecule has 7 heteroatoms. The number of Topliss-reactive ketones (excluding diaryl/α,β-unsaturated/α-hetero) is 2. The zero-order valence-electron chi connectivity index (χ0n) is 18.7. The third-order valence-electron chi connectivity index (χ3n) is 6.65. The van der Waals surface area contributed by atoms with Crippen LogP contribution in [0, 0.1) is 17.7 Å². The van der Waals surface area contributed by atoms with Gasteiger partial charge in [-0.2, -0.15) is 5.10 Å². The van der Waals surface area contributed by atoms with Crippen molar-refractivity contribution in [2.45, 2.75) is 38.5 Å². The van der Waals surface area contributed by atoms with E-state index in [0.717, 1.165) is 36.6 Å². The number of pyridine rings is 2. The van der Waals surface area contributed by atoms with Crippen LogP contribution in [0.5, 0.6) is 0 Å². The number of ketones is 2. The van der Waals surface area contributed by atoms with Crippen LogP contribution in [0.15, 0.2) is 67.1 Å². The Kier molecular flexibility index (Phi) is 6.25. The van der Waals surface area contributed by atoms with Crippen LogP contribution in [0.25, 0.3) is 16.6 Å². The maximum Gasteiger partial charge on any atom is 0.181 e. The van der Waals surface area contributed by atoms with Gasteiger partial charge in [-0.25, -0.2) is 14.1 Å². The number of carbonyl (C=O) groups is 2. The summed E-state index contributed by atoms with van der Waals surface area (Å²) in [5, 5.41) is 5.30. The second-order valence-corrected chi connectivity index (χ2v) is 8.96. The van der Waals surface area contributed by atoms with Crippen molar-refractivity contribution in [2.75, 3.05) is 0 Å². The summed E-state index contributed by atoms with van der Waals surface area (Å²) in [5.74, 6) is 0.107. The minimum atomic E-state index is -0.354. The molecule has 1 aliphatic rings. The smallest absolute Gasteiger partial charge is 0.181 e. The summed E-state index contributed by atoms with van der Waals surface area (Å²) in [6.45, 7) is 0. The van der Waals surface area contributed by atoms with Crippen molar-refractivity contribution in [1.29, 1.82) is 0 Å². The molecule has 1 aliphatic carbocycles. The molecular formula is C27H25FN4O2. The molecule has 0 unspecified atom stereocenters. The number of fused-ring (bicyclic) bond motifs is 1. The lowest BCUT2D eigenvalue weighted by molar-refractivity contribution is -0.123. The predicted octanol–water partition coefficient (Wildman–Crippen LogP) is 5.15. The Labute approximate surface area is 196 Å². The molecule has 5 rings (SSSR count). The maximum atomic E-state index is 14.0. The van der Waals surface area contributed by atoms with E-state index in [2.05, 4.69) is 15.1 Å². The van der Waals surface area contributed by atoms with Crippen molar-refractivity contribution in [1.82, 2.24) is 19.7 Å². The fraction of sp³-hybridized carbons (Fsp3) is 0.296. The van der Waals surface area contributed by atoms with E-state index in [0.29, 0.717) is 23.5 Å². The Hall–Kier alpha value is -3.74. The van der Waals surface area contributed by atoms with Gasteiger partial charge in [0.2, 0.25) is 0 Å². The SMILES string of the molecule is O=C(CC1CCC(C(=O)Cc2ccn(-c3ccccc3F)n2)CC1)c1ccc2cnccc2n1. The standard InChI is InChI=1S/C27H25FN4O2/c28-22-3-1-2-4-25(22)32-14-12-21(31-32)16-26(33)19-7-5-18(6-8-19)15-27(34)24-10-9-20-17-29-13-11-23(20)30-24/h1-4,9-14,17-19H,5-8,15-16H2. The lowest BCUT2D eigenvalue weighted by atomic mass is 9.77. The second-order valence-electron chi connectivity index (χ2n) is 8.96. The molecule has 0 saturated heterocycles. The lowest BCUT2D eigenvalue weighted by Crippen LogP contribution is -2.24. The Morgan fingerprint density at radius 1 is 1.00 bits per heavy atom. The zero-order chi connectivity index (χ0) is 23.5. The zero-order valence-corrected chi connectivity index (χ0v) is 18.7. The predicted molar refractivity (Wildman–Crippen MR) is 126 cm³/mol. The van der Waals surface area contributed by atoms with Crippen molar-refractivity contribution in [3.05, 3.63) is 84.3 Å². The second kappa shape index (κ2) is 9.63. The number of carbonyl (C=O) groups excluding carboxylic acids is 2. The van der Waals surface area contributed by atoms with Gasteiger partial charge < -0.3 is 0 Å². The molecule has 172 valence electrons. The maximum absolute atomic E-state index is 14.0. The summed E-state index contributed by atoms with van der Waals surface area (Å²) in [7, 11) is 0. The van der Waals surface area contributed by atoms with Gasteiger partial charge in [-0.15, -0.1) is 0 Å². The number of nitrogens with zero attached hydrogens (tertiary/aromatic N) is 4. The van der Waals surface area contributed by atoms with Gasteiger partial charge in [-0.05, 0) is 68.0 Å². The molecule has 1 saturated carbocycles. The summed E-state index contributed by atoms with van der Waals surface area (Å²) < 4.78 is 15.5. The fourth-order valence-corrected chi connectivity index (χ4v) is 4.73. The molecule has 1 fully saturated rings. The third kappa shape index (κ3) is 4.78. The molecule has 34 heavy (non-hydrogen) atoms. The Bertz CT molecular complexity index is 1340. The Balaban J connectivity index is 1.14. The van der Waals surface area contributed by atoms with Crippen LogP contribution in [0.4, 0.5) is 4.39 Å². The van der Waals surface area contributed by atoms with Gasteiger partial charge in [0.25, 0.3) is 0 Å². The van der Waals surface area contributed by atoms with E-state index in [1.165, 1.54) is 10.7 Å². The Morgan fingerprint density at radius 2 is 1.82 bits per heavy atom. The molecule has 6 nitrogen and oxygen atoms in total. The number of para-hydroxylation sites is 1. The van der Waals surface area contributed by atoms with Crippen LogP contribution in [0.1, 0.15) is 48.3 Å². The highest BCUT2D eigenvalue weighted by Crippen LogP contribution is 2.32. The van der Waals surface area contributed by atoms with E-state index in [9.17, 15) is 14.0 Å². The molecule has 0 N–H and O–H groups in total. The summed E-state index contributed by atoms with van der Waals surface area (Å²) in [5.41, 5.74) is 2.27. The van der Waals surface area contributed by atoms with Crippen LogP contribution in [0.3, 0.4) is 0 Å². The highest BCUT2D eigenvalue weighted by molar-refractivity contribution is 5.96. The minimum absolute atomic E-state index is 0.0174. The molecule has 0 aliphatic heterocycles. The molecule has 1 aromatic carbocycles. The minimum Gasteiger partial charge on any atom is -0.299 e. The van der Waals surface area contributed by atoms with E-state index >= 15 is 0 Å². The molecule has 3 aromatic heterocycles. The van der Waals surface area contributed by atoms with Crippen LogP contribution < -0.4 is 0 Å². The molecule has 0 bridgehead atoms. The van der Waals surface area contributed by atoms with Crippen molar-refractivity contribution in [3.63, 3.8) is 0 Å². The summed E-state index contributed by atoms with van der Waals surface area (Å²) in [6.07, 6.45) is 9.05. The Morgan fingerprint density at radius 3 is 2.65 bits per heavy atom. The van der Waals surface area contributed by atoms with Gasteiger partial charge in [0.15, 0.2) is 5.78 Å². The quantitative estimate of drug-likeness (QED) is 0.360. The molecule has 0 atom stereocenters. The third-order valence-corrected chi connectivity index (χ3v) is 6.65. The number of aromatic nitrogens is 4. The normalized spacial score (nSPS) is 18.1. The summed E-state index contributed by atoms with van der Waals surface area (Å²) in [4.78, 5) is 34.2. The first-order chi connectivity index (χ1) is 16.6. The van der Waals surface area contributed by atoms with E-state index in [1.807, 2.05) is 12.1 Å². The van der Waals surface area contributed by atoms with E-state index in [4.69, 9.17) is 0 Å². The van der Waals surface area contributed by atoms with E-state index < -0.39 is 0 Å². The molecule has 0 spiro atoms. The number of hydrogen-bond acceptors (Lipinski definition) is 5. The lowest BCUT2D eigenvalue weighted by Gasteiger charge is -2.27. The van der Waals surface area contributed by atoms with Gasteiger partial charge in [-0.3, -0.25) is 14.6 Å². The largest absolute Gasteiger partial charge is 0.299 e. The van der Waals surface area contributed by atoms with Crippen molar-refractivity contribution >= 4 is 22.5 Å². The van der Waals surface area contributed by atoms with E-state index in [1.54, 1.807) is 48.9 Å². The molecule has 3 heterocycles. The average molecular weight is 457 g/mol. The van der Waals surface area contributed by atoms with Gasteiger partial charge in [0, 0.05) is 36.3 Å². The number of halogens is 1. The van der Waals surface area contributed by atoms with Crippen LogP contribution >= 0.6 is 0 Å². The van der Waals surface area contributed by atoms with Crippen LogP contribution in [0.2, 0.25) is 0 Å². The van der Waals surface area contributed by atoms with E-state index in [-0.39, 0.29) is 35.6 Å². The van der Waals surface area contributed by atoms with Crippen molar-refractivity contribution in [3.8, 4) is 5.69 Å². The van der Waals surface area contributed by atoms with Gasteiger partial charge in [0.05, 0.1) is 17.6 Å². The first-order valence-corrected chi connectivity index (χ1v) is 11.6. The molecule has 0 amide bonds. The molecular weight excluding hydrogens is 431 g/mol. The van der Waals surface area contributed by atoms with Gasteiger partial charge in [-0.1, -0.05) is 12.1 Å². The highest BCUT2D eigenvalue weighted by Gasteiger charge is 2.28. The number of hydrogen-bond donors (Lipinski definition) is 0. The van der Waals surface area contributed by atoms with Crippen molar-refractivity contribution in [2.24, 2.45) is 11.8 Å². The molecule has 4 aromatic rings. The van der Waals surface area contributed by atoms with Gasteiger partial charge >= 0.3 is 0 Å². The van der Waals surface area contributed by atoms with Gasteiger partial charge in [0.1, 0.15) is 23.0 Å². The van der Waals surface area contributed by atoms with Crippen LogP contribution in [-0.4, -0.2) is 31.3 Å². The first-order valence-electron chi connectivity index (χ1n) is 11.6. The van der Waals surface area contributed by atoms with Crippen LogP contribution in [-0.2, 0) is 11.2 Å².